The quantitative estimate of drug-likeness (QED) is 0.861. The second kappa shape index (κ2) is 8.25. The van der Waals surface area contributed by atoms with Crippen LogP contribution < -0.4 is 5.32 Å². The molecule has 0 bridgehead atoms. The normalized spacial score (nSPS) is 18.0. The Morgan fingerprint density at radius 2 is 1.57 bits per heavy atom. The van der Waals surface area contributed by atoms with Crippen molar-refractivity contribution in [2.24, 2.45) is 0 Å². The van der Waals surface area contributed by atoms with Crippen molar-refractivity contribution in [2.75, 3.05) is 19.7 Å². The topological polar surface area (TPSA) is 35.5 Å². The van der Waals surface area contributed by atoms with Gasteiger partial charge in [-0.2, -0.15) is 0 Å². The van der Waals surface area contributed by atoms with Crippen molar-refractivity contribution in [1.29, 1.82) is 0 Å². The molecule has 3 nitrogen and oxygen atoms in total. The number of likely N-dealkylation sites (tertiary alicyclic amines) is 1. The summed E-state index contributed by atoms with van der Waals surface area (Å²) in [5.41, 5.74) is 2.55. The van der Waals surface area contributed by atoms with E-state index in [1.54, 1.807) is 0 Å². The molecule has 1 unspecified atom stereocenters. The van der Waals surface area contributed by atoms with Gasteiger partial charge in [0.1, 0.15) is 0 Å². The number of nitrogens with one attached hydrogen (secondary N) is 1. The van der Waals surface area contributed by atoms with Gasteiger partial charge in [-0.05, 0) is 37.1 Å². The highest BCUT2D eigenvalue weighted by Gasteiger charge is 2.22. The van der Waals surface area contributed by atoms with Gasteiger partial charge in [0.25, 0.3) is 0 Å². The molecule has 1 fully saturated rings. The van der Waals surface area contributed by atoms with Crippen LogP contribution >= 0.6 is 0 Å². The minimum atomic E-state index is 0.0434. The number of rotatable bonds is 6. The summed E-state index contributed by atoms with van der Waals surface area (Å²) in [5, 5.41) is 13.3. The average molecular weight is 310 g/mol. The molecular weight excluding hydrogens is 284 g/mol. The zero-order chi connectivity index (χ0) is 15.9. The summed E-state index contributed by atoms with van der Waals surface area (Å²) in [6.07, 6.45) is 2.27. The molecule has 1 aliphatic heterocycles. The maximum atomic E-state index is 9.68. The maximum Gasteiger partial charge on any atom is 0.0626 e. The first-order valence-electron chi connectivity index (χ1n) is 8.53. The highest BCUT2D eigenvalue weighted by molar-refractivity contribution is 5.19. The highest BCUT2D eigenvalue weighted by Crippen LogP contribution is 2.18. The Balaban J connectivity index is 1.49. The zero-order valence-electron chi connectivity index (χ0n) is 13.6. The summed E-state index contributed by atoms with van der Waals surface area (Å²) in [6.45, 7) is 3.41. The Bertz CT molecular complexity index is 565. The smallest absolute Gasteiger partial charge is 0.0626 e. The first kappa shape index (κ1) is 16.2. The number of piperidine rings is 1. The Hall–Kier alpha value is -1.68. The van der Waals surface area contributed by atoms with Crippen molar-refractivity contribution < 1.29 is 5.11 Å². The lowest BCUT2D eigenvalue weighted by molar-refractivity contribution is 0.167. The van der Waals surface area contributed by atoms with Gasteiger partial charge in [-0.3, -0.25) is 4.90 Å². The van der Waals surface area contributed by atoms with Crippen molar-refractivity contribution in [2.45, 2.75) is 31.5 Å². The number of benzene rings is 2. The van der Waals surface area contributed by atoms with E-state index in [2.05, 4.69) is 52.7 Å². The molecule has 1 heterocycles. The fourth-order valence-electron chi connectivity index (χ4n) is 3.32. The first-order valence-corrected chi connectivity index (χ1v) is 8.53. The third kappa shape index (κ3) is 4.64. The summed E-state index contributed by atoms with van der Waals surface area (Å²) in [5.74, 6) is 0. The number of aliphatic hydroxyl groups is 1. The molecular formula is C20H26N2O. The van der Waals surface area contributed by atoms with E-state index in [1.807, 2.05) is 18.2 Å². The molecule has 1 atom stereocenters. The summed E-state index contributed by atoms with van der Waals surface area (Å²) in [6, 6.07) is 21.4. The second-order valence-corrected chi connectivity index (χ2v) is 6.35. The van der Waals surface area contributed by atoms with Gasteiger partial charge in [-0.25, -0.2) is 0 Å². The molecule has 3 heteroatoms. The largest absolute Gasteiger partial charge is 0.394 e. The summed E-state index contributed by atoms with van der Waals surface area (Å²) < 4.78 is 0. The van der Waals surface area contributed by atoms with Crippen LogP contribution in [-0.4, -0.2) is 35.7 Å². The van der Waals surface area contributed by atoms with E-state index in [9.17, 15) is 5.11 Å². The molecule has 1 saturated heterocycles. The molecule has 2 N–H and O–H groups in total. The third-order valence-corrected chi connectivity index (χ3v) is 4.66. The van der Waals surface area contributed by atoms with E-state index < -0.39 is 0 Å². The van der Waals surface area contributed by atoms with Crippen molar-refractivity contribution >= 4 is 0 Å². The predicted octanol–water partition coefficient (Wildman–Crippen LogP) is 2.97. The molecule has 0 amide bonds. The minimum Gasteiger partial charge on any atom is -0.394 e. The molecule has 23 heavy (non-hydrogen) atoms. The van der Waals surface area contributed by atoms with Gasteiger partial charge >= 0.3 is 0 Å². The maximum absolute atomic E-state index is 9.68. The lowest BCUT2D eigenvalue weighted by Crippen LogP contribution is -2.44. The molecule has 3 rings (SSSR count). The number of hydrogen-bond donors (Lipinski definition) is 2. The molecule has 1 aliphatic rings. The summed E-state index contributed by atoms with van der Waals surface area (Å²) >= 11 is 0. The second-order valence-electron chi connectivity index (χ2n) is 6.35. The van der Waals surface area contributed by atoms with Crippen LogP contribution in [0.15, 0.2) is 60.7 Å². The van der Waals surface area contributed by atoms with Gasteiger partial charge in [0, 0.05) is 12.6 Å². The van der Waals surface area contributed by atoms with Crippen molar-refractivity contribution in [3.05, 3.63) is 71.8 Å². The van der Waals surface area contributed by atoms with Crippen molar-refractivity contribution in [1.82, 2.24) is 10.2 Å². The van der Waals surface area contributed by atoms with E-state index in [1.165, 1.54) is 11.1 Å². The number of nitrogens with zero attached hydrogens (tertiary/aromatic N) is 1. The lowest BCUT2D eigenvalue weighted by Gasteiger charge is -2.34. The van der Waals surface area contributed by atoms with Gasteiger partial charge in [0.05, 0.1) is 12.6 Å². The molecule has 122 valence electrons. The van der Waals surface area contributed by atoms with E-state index in [0.717, 1.165) is 32.5 Å². The van der Waals surface area contributed by atoms with E-state index in [4.69, 9.17) is 0 Å². The molecule has 2 aromatic carbocycles. The van der Waals surface area contributed by atoms with Crippen LogP contribution in [0.5, 0.6) is 0 Å². The fraction of sp³-hybridized carbons (Fsp3) is 0.400. The van der Waals surface area contributed by atoms with Crippen LogP contribution in [0, 0.1) is 0 Å². The lowest BCUT2D eigenvalue weighted by atomic mass is 10.0. The average Bonchev–Trinajstić information content (AvgIpc) is 2.63. The Kier molecular flexibility index (Phi) is 5.81. The summed E-state index contributed by atoms with van der Waals surface area (Å²) in [7, 11) is 0. The Labute approximate surface area is 139 Å². The SMILES string of the molecule is OCC(NC1CCN(Cc2ccccc2)CC1)c1ccccc1. The molecule has 0 spiro atoms. The van der Waals surface area contributed by atoms with Crippen LogP contribution in [0.25, 0.3) is 0 Å². The van der Waals surface area contributed by atoms with Gasteiger partial charge in [-0.15, -0.1) is 0 Å². The van der Waals surface area contributed by atoms with Crippen molar-refractivity contribution in [3.8, 4) is 0 Å². The molecule has 0 aliphatic carbocycles. The standard InChI is InChI=1S/C20H26N2O/c23-16-20(18-9-5-2-6-10-18)21-19-11-13-22(14-12-19)15-17-7-3-1-4-8-17/h1-10,19-21,23H,11-16H2. The zero-order valence-corrected chi connectivity index (χ0v) is 13.6. The Morgan fingerprint density at radius 3 is 2.17 bits per heavy atom. The summed E-state index contributed by atoms with van der Waals surface area (Å²) in [4.78, 5) is 2.52. The van der Waals surface area contributed by atoms with Crippen LogP contribution in [-0.2, 0) is 6.54 Å². The molecule has 0 saturated carbocycles. The van der Waals surface area contributed by atoms with E-state index in [0.29, 0.717) is 6.04 Å². The van der Waals surface area contributed by atoms with Crippen LogP contribution in [0.1, 0.15) is 30.0 Å². The van der Waals surface area contributed by atoms with Gasteiger partial charge in [0.2, 0.25) is 0 Å². The van der Waals surface area contributed by atoms with Gasteiger partial charge in [-0.1, -0.05) is 60.7 Å². The molecule has 0 aromatic heterocycles. The van der Waals surface area contributed by atoms with Crippen LogP contribution in [0.2, 0.25) is 0 Å². The molecule has 2 aromatic rings. The Morgan fingerprint density at radius 1 is 0.957 bits per heavy atom. The van der Waals surface area contributed by atoms with Gasteiger partial charge in [0.15, 0.2) is 0 Å². The fourth-order valence-corrected chi connectivity index (χ4v) is 3.32. The van der Waals surface area contributed by atoms with Gasteiger partial charge < -0.3 is 10.4 Å². The predicted molar refractivity (Wildman–Crippen MR) is 94.1 cm³/mol. The van der Waals surface area contributed by atoms with E-state index >= 15 is 0 Å². The monoisotopic (exact) mass is 310 g/mol. The van der Waals surface area contributed by atoms with Crippen LogP contribution in [0.3, 0.4) is 0 Å². The first-order chi connectivity index (χ1) is 11.3. The number of hydrogen-bond acceptors (Lipinski definition) is 3. The third-order valence-electron chi connectivity index (χ3n) is 4.66. The molecule has 0 radical (unpaired) electrons. The van der Waals surface area contributed by atoms with Crippen molar-refractivity contribution in [3.63, 3.8) is 0 Å². The number of aliphatic hydroxyl groups excluding tert-OH is 1. The highest BCUT2D eigenvalue weighted by atomic mass is 16.3. The minimum absolute atomic E-state index is 0.0434. The van der Waals surface area contributed by atoms with Crippen LogP contribution in [0.4, 0.5) is 0 Å². The van der Waals surface area contributed by atoms with E-state index in [-0.39, 0.29) is 12.6 Å².